The van der Waals surface area contributed by atoms with E-state index < -0.39 is 0 Å². The van der Waals surface area contributed by atoms with Gasteiger partial charge in [-0.3, -0.25) is 4.68 Å². The van der Waals surface area contributed by atoms with Crippen molar-refractivity contribution in [2.75, 3.05) is 0 Å². The van der Waals surface area contributed by atoms with E-state index in [1.807, 2.05) is 17.9 Å². The van der Waals surface area contributed by atoms with Crippen LogP contribution in [0, 0.1) is 12.3 Å². The van der Waals surface area contributed by atoms with Crippen molar-refractivity contribution in [3.05, 3.63) is 17.5 Å². The number of aromatic nitrogens is 2. The van der Waals surface area contributed by atoms with E-state index >= 15 is 0 Å². The zero-order chi connectivity index (χ0) is 12.5. The van der Waals surface area contributed by atoms with Crippen molar-refractivity contribution in [3.8, 4) is 0 Å². The first kappa shape index (κ1) is 12.6. The lowest BCUT2D eigenvalue weighted by Gasteiger charge is -2.39. The Morgan fingerprint density at radius 3 is 2.82 bits per heavy atom. The van der Waals surface area contributed by atoms with Crippen LogP contribution >= 0.6 is 0 Å². The lowest BCUT2D eigenvalue weighted by molar-refractivity contribution is 0.166. The molecular formula is C14H25N3. The van der Waals surface area contributed by atoms with Crippen LogP contribution in [-0.2, 0) is 13.6 Å². The maximum Gasteiger partial charge on any atom is 0.0537 e. The molecule has 1 N–H and O–H groups in total. The molecule has 0 radical (unpaired) electrons. The van der Waals surface area contributed by atoms with Crippen molar-refractivity contribution in [1.82, 2.24) is 15.1 Å². The standard InChI is InChI=1S/C14H25N3/c1-11-12(10-16-17(11)4)9-15-13-7-5-6-8-14(13,2)3/h10,13,15H,5-9H2,1-4H3. The highest BCUT2D eigenvalue weighted by molar-refractivity contribution is 5.15. The van der Waals surface area contributed by atoms with Gasteiger partial charge in [0.05, 0.1) is 6.20 Å². The summed E-state index contributed by atoms with van der Waals surface area (Å²) < 4.78 is 1.95. The smallest absolute Gasteiger partial charge is 0.0537 e. The summed E-state index contributed by atoms with van der Waals surface area (Å²) in [4.78, 5) is 0. The second-order valence-electron chi connectivity index (χ2n) is 6.05. The molecule has 3 heteroatoms. The number of nitrogens with one attached hydrogen (secondary N) is 1. The number of rotatable bonds is 3. The summed E-state index contributed by atoms with van der Waals surface area (Å²) in [5.41, 5.74) is 3.04. The van der Waals surface area contributed by atoms with Crippen LogP contribution in [0.15, 0.2) is 6.20 Å². The van der Waals surface area contributed by atoms with Crippen molar-refractivity contribution in [3.63, 3.8) is 0 Å². The predicted octanol–water partition coefficient (Wildman–Crippen LogP) is 2.79. The summed E-state index contributed by atoms with van der Waals surface area (Å²) in [5.74, 6) is 0. The van der Waals surface area contributed by atoms with E-state index in [1.54, 1.807) is 0 Å². The molecule has 1 unspecified atom stereocenters. The van der Waals surface area contributed by atoms with Crippen LogP contribution in [-0.4, -0.2) is 15.8 Å². The fraction of sp³-hybridized carbons (Fsp3) is 0.786. The third kappa shape index (κ3) is 2.71. The van der Waals surface area contributed by atoms with Gasteiger partial charge in [-0.1, -0.05) is 26.7 Å². The summed E-state index contributed by atoms with van der Waals surface area (Å²) >= 11 is 0. The molecule has 3 nitrogen and oxygen atoms in total. The highest BCUT2D eigenvalue weighted by Crippen LogP contribution is 2.35. The third-order valence-corrected chi connectivity index (χ3v) is 4.38. The molecule has 1 aromatic heterocycles. The van der Waals surface area contributed by atoms with Gasteiger partial charge in [0.15, 0.2) is 0 Å². The summed E-state index contributed by atoms with van der Waals surface area (Å²) in [6.45, 7) is 7.86. The van der Waals surface area contributed by atoms with Crippen LogP contribution in [0.2, 0.25) is 0 Å². The molecule has 1 heterocycles. The Labute approximate surface area is 105 Å². The van der Waals surface area contributed by atoms with Gasteiger partial charge < -0.3 is 5.32 Å². The average Bonchev–Trinajstić information content (AvgIpc) is 2.58. The van der Waals surface area contributed by atoms with Crippen LogP contribution in [0.1, 0.15) is 50.8 Å². The molecule has 0 bridgehead atoms. The average molecular weight is 235 g/mol. The fourth-order valence-electron chi connectivity index (χ4n) is 2.82. The quantitative estimate of drug-likeness (QED) is 0.873. The lowest BCUT2D eigenvalue weighted by atomic mass is 9.73. The molecule has 2 rings (SSSR count). The molecule has 1 saturated carbocycles. The zero-order valence-electron chi connectivity index (χ0n) is 11.6. The van der Waals surface area contributed by atoms with Gasteiger partial charge in [0.25, 0.3) is 0 Å². The second kappa shape index (κ2) is 4.81. The van der Waals surface area contributed by atoms with Gasteiger partial charge in [0.2, 0.25) is 0 Å². The SMILES string of the molecule is Cc1c(CNC2CCCCC2(C)C)cnn1C. The largest absolute Gasteiger partial charge is 0.309 e. The van der Waals surface area contributed by atoms with Gasteiger partial charge in [0.1, 0.15) is 0 Å². The molecule has 0 aliphatic heterocycles. The predicted molar refractivity (Wildman–Crippen MR) is 70.8 cm³/mol. The molecule has 1 atom stereocenters. The first-order valence-corrected chi connectivity index (χ1v) is 6.71. The molecule has 1 aromatic rings. The molecule has 1 fully saturated rings. The number of nitrogens with zero attached hydrogens (tertiary/aromatic N) is 2. The Hall–Kier alpha value is -0.830. The van der Waals surface area contributed by atoms with Gasteiger partial charge in [-0.25, -0.2) is 0 Å². The Morgan fingerprint density at radius 1 is 1.47 bits per heavy atom. The molecule has 0 saturated heterocycles. The van der Waals surface area contributed by atoms with Crippen molar-refractivity contribution in [2.45, 2.75) is 59.0 Å². The van der Waals surface area contributed by atoms with E-state index in [-0.39, 0.29) is 0 Å². The molecule has 17 heavy (non-hydrogen) atoms. The highest BCUT2D eigenvalue weighted by Gasteiger charge is 2.31. The second-order valence-corrected chi connectivity index (χ2v) is 6.05. The van der Waals surface area contributed by atoms with Crippen molar-refractivity contribution < 1.29 is 0 Å². The van der Waals surface area contributed by atoms with E-state index in [0.717, 1.165) is 6.54 Å². The summed E-state index contributed by atoms with van der Waals surface area (Å²) in [6.07, 6.45) is 7.39. The van der Waals surface area contributed by atoms with Crippen molar-refractivity contribution >= 4 is 0 Å². The molecule has 1 aliphatic rings. The monoisotopic (exact) mass is 235 g/mol. The minimum atomic E-state index is 0.439. The van der Waals surface area contributed by atoms with E-state index in [4.69, 9.17) is 0 Å². The van der Waals surface area contributed by atoms with Crippen LogP contribution in [0.4, 0.5) is 0 Å². The Morgan fingerprint density at radius 2 is 2.24 bits per heavy atom. The minimum absolute atomic E-state index is 0.439. The van der Waals surface area contributed by atoms with E-state index in [0.29, 0.717) is 11.5 Å². The van der Waals surface area contributed by atoms with Crippen molar-refractivity contribution in [2.24, 2.45) is 12.5 Å². The van der Waals surface area contributed by atoms with Gasteiger partial charge in [-0.15, -0.1) is 0 Å². The summed E-state index contributed by atoms with van der Waals surface area (Å²) in [7, 11) is 2.00. The molecule has 1 aliphatic carbocycles. The molecule has 0 spiro atoms. The third-order valence-electron chi connectivity index (χ3n) is 4.38. The summed E-state index contributed by atoms with van der Waals surface area (Å²) in [5, 5.41) is 8.02. The van der Waals surface area contributed by atoms with Crippen molar-refractivity contribution in [1.29, 1.82) is 0 Å². The Bertz CT molecular complexity index is 379. The molecule has 0 aromatic carbocycles. The fourth-order valence-corrected chi connectivity index (χ4v) is 2.82. The van der Waals surface area contributed by atoms with Crippen LogP contribution in [0.3, 0.4) is 0 Å². The minimum Gasteiger partial charge on any atom is -0.309 e. The first-order valence-electron chi connectivity index (χ1n) is 6.71. The zero-order valence-corrected chi connectivity index (χ0v) is 11.6. The summed E-state index contributed by atoms with van der Waals surface area (Å²) in [6, 6.07) is 0.649. The van der Waals surface area contributed by atoms with Gasteiger partial charge in [-0.2, -0.15) is 5.10 Å². The molecule has 96 valence electrons. The van der Waals surface area contributed by atoms with Gasteiger partial charge in [0, 0.05) is 30.9 Å². The first-order chi connectivity index (χ1) is 8.00. The van der Waals surface area contributed by atoms with Crippen LogP contribution in [0.5, 0.6) is 0 Å². The number of aryl methyl sites for hydroxylation is 1. The molecule has 0 amide bonds. The van der Waals surface area contributed by atoms with Crippen LogP contribution < -0.4 is 5.32 Å². The normalized spacial score (nSPS) is 23.9. The lowest BCUT2D eigenvalue weighted by Crippen LogP contribution is -2.43. The van der Waals surface area contributed by atoms with Gasteiger partial charge in [-0.05, 0) is 25.2 Å². The molecular weight excluding hydrogens is 210 g/mol. The van der Waals surface area contributed by atoms with Crippen LogP contribution in [0.25, 0.3) is 0 Å². The van der Waals surface area contributed by atoms with E-state index in [1.165, 1.54) is 36.9 Å². The maximum absolute atomic E-state index is 4.29. The topological polar surface area (TPSA) is 29.9 Å². The highest BCUT2D eigenvalue weighted by atomic mass is 15.3. The van der Waals surface area contributed by atoms with E-state index in [9.17, 15) is 0 Å². The number of hydrogen-bond acceptors (Lipinski definition) is 2. The number of hydrogen-bond donors (Lipinski definition) is 1. The van der Waals surface area contributed by atoms with Gasteiger partial charge >= 0.3 is 0 Å². The Kier molecular flexibility index (Phi) is 3.57. The Balaban J connectivity index is 1.95. The maximum atomic E-state index is 4.29. The van der Waals surface area contributed by atoms with E-state index in [2.05, 4.69) is 31.2 Å².